The van der Waals surface area contributed by atoms with Crippen molar-refractivity contribution in [2.45, 2.75) is 0 Å². The Morgan fingerprint density at radius 1 is 1.35 bits per heavy atom. The largest absolute Gasteiger partial charge is 0.366 e. The predicted octanol–water partition coefficient (Wildman–Crippen LogP) is 2.39. The second-order valence-electron chi connectivity index (χ2n) is 4.41. The molecule has 3 rings (SSSR count). The molecule has 0 aliphatic rings. The first-order valence-electron chi connectivity index (χ1n) is 5.95. The molecule has 5 nitrogen and oxygen atoms in total. The number of benzene rings is 1. The van der Waals surface area contributed by atoms with Crippen molar-refractivity contribution in [2.24, 2.45) is 12.8 Å². The molecule has 1 aromatic carbocycles. The van der Waals surface area contributed by atoms with Gasteiger partial charge in [-0.05, 0) is 18.2 Å². The lowest BCUT2D eigenvalue weighted by molar-refractivity contribution is 0.1000. The Bertz CT molecular complexity index is 825. The van der Waals surface area contributed by atoms with Crippen LogP contribution in [0.5, 0.6) is 0 Å². The van der Waals surface area contributed by atoms with Crippen LogP contribution in [0.4, 0.5) is 0 Å². The van der Waals surface area contributed by atoms with E-state index < -0.39 is 5.91 Å². The highest BCUT2D eigenvalue weighted by Crippen LogP contribution is 2.28. The number of imidazole rings is 1. The third-order valence-electron chi connectivity index (χ3n) is 3.11. The number of nitrogens with two attached hydrogens (primary N) is 1. The molecule has 0 fully saturated rings. The summed E-state index contributed by atoms with van der Waals surface area (Å²) >= 11 is 6.19. The molecular formula is C14H11ClN4O. The summed E-state index contributed by atoms with van der Waals surface area (Å²) in [5.74, 6) is 0.170. The number of hydrogen-bond acceptors (Lipinski definition) is 3. The summed E-state index contributed by atoms with van der Waals surface area (Å²) in [5, 5.41) is 0.612. The first-order chi connectivity index (χ1) is 9.58. The van der Waals surface area contributed by atoms with Crippen molar-refractivity contribution in [2.75, 3.05) is 0 Å². The summed E-state index contributed by atoms with van der Waals surface area (Å²) in [7, 11) is 1.85. The van der Waals surface area contributed by atoms with Crippen molar-refractivity contribution in [3.05, 3.63) is 47.1 Å². The Balaban J connectivity index is 2.26. The van der Waals surface area contributed by atoms with E-state index in [1.54, 1.807) is 12.1 Å². The number of carbonyl (C=O) groups excluding carboxylic acids is 1. The summed E-state index contributed by atoms with van der Waals surface area (Å²) in [6, 6.07) is 9.07. The zero-order valence-electron chi connectivity index (χ0n) is 10.7. The molecule has 0 saturated carbocycles. The molecule has 0 atom stereocenters. The molecule has 3 aromatic rings. The van der Waals surface area contributed by atoms with Crippen LogP contribution in [0.15, 0.2) is 36.5 Å². The van der Waals surface area contributed by atoms with Gasteiger partial charge in [-0.15, -0.1) is 0 Å². The van der Waals surface area contributed by atoms with Crippen LogP contribution in [0.2, 0.25) is 5.02 Å². The maximum absolute atomic E-state index is 11.2. The van der Waals surface area contributed by atoms with E-state index in [-0.39, 0.29) is 0 Å². The molecule has 0 unspecified atom stereocenters. The maximum Gasteiger partial charge on any atom is 0.250 e. The molecule has 0 aliphatic carbocycles. The summed E-state index contributed by atoms with van der Waals surface area (Å²) in [6.45, 7) is 0. The fourth-order valence-corrected chi connectivity index (χ4v) is 2.31. The van der Waals surface area contributed by atoms with E-state index >= 15 is 0 Å². The Hall–Kier alpha value is -2.40. The van der Waals surface area contributed by atoms with E-state index in [4.69, 9.17) is 17.3 Å². The van der Waals surface area contributed by atoms with Gasteiger partial charge in [0.15, 0.2) is 5.65 Å². The van der Waals surface area contributed by atoms with Gasteiger partial charge in [0.05, 0.1) is 10.6 Å². The molecule has 6 heteroatoms. The fourth-order valence-electron chi connectivity index (χ4n) is 2.09. The Kier molecular flexibility index (Phi) is 2.91. The molecule has 1 amide bonds. The van der Waals surface area contributed by atoms with E-state index in [9.17, 15) is 4.79 Å². The van der Waals surface area contributed by atoms with Crippen LogP contribution in [0, 0.1) is 0 Å². The Morgan fingerprint density at radius 3 is 2.80 bits per heavy atom. The molecule has 0 aliphatic heterocycles. The molecule has 20 heavy (non-hydrogen) atoms. The number of amides is 1. The second-order valence-corrected chi connectivity index (χ2v) is 4.81. The molecule has 2 N–H and O–H groups in total. The van der Waals surface area contributed by atoms with Gasteiger partial charge in [-0.25, -0.2) is 9.97 Å². The van der Waals surface area contributed by atoms with Crippen LogP contribution in [-0.4, -0.2) is 20.4 Å². The number of fused-ring (bicyclic) bond motifs is 1. The minimum atomic E-state index is -0.524. The van der Waals surface area contributed by atoms with Gasteiger partial charge >= 0.3 is 0 Å². The SMILES string of the molecule is Cn1c(-c2ccccc2Cl)nc2cc(C(N)=O)cnc21. The van der Waals surface area contributed by atoms with Crippen molar-refractivity contribution in [3.8, 4) is 11.4 Å². The second kappa shape index (κ2) is 4.61. The van der Waals surface area contributed by atoms with Crippen LogP contribution in [0.1, 0.15) is 10.4 Å². The van der Waals surface area contributed by atoms with E-state index in [0.717, 1.165) is 5.56 Å². The van der Waals surface area contributed by atoms with Crippen LogP contribution in [0.3, 0.4) is 0 Å². The first-order valence-corrected chi connectivity index (χ1v) is 6.33. The van der Waals surface area contributed by atoms with Crippen molar-refractivity contribution in [1.29, 1.82) is 0 Å². The monoisotopic (exact) mass is 286 g/mol. The van der Waals surface area contributed by atoms with Crippen LogP contribution in [-0.2, 0) is 7.05 Å². The molecule has 0 spiro atoms. The number of aromatic nitrogens is 3. The minimum Gasteiger partial charge on any atom is -0.366 e. The third-order valence-corrected chi connectivity index (χ3v) is 3.44. The normalized spacial score (nSPS) is 10.9. The van der Waals surface area contributed by atoms with Crippen LogP contribution >= 0.6 is 11.6 Å². The average Bonchev–Trinajstić information content (AvgIpc) is 2.76. The number of aryl methyl sites for hydroxylation is 1. The molecule has 0 bridgehead atoms. The van der Waals surface area contributed by atoms with Gasteiger partial charge in [0.1, 0.15) is 11.3 Å². The molecule has 100 valence electrons. The van der Waals surface area contributed by atoms with E-state index in [0.29, 0.717) is 27.6 Å². The van der Waals surface area contributed by atoms with E-state index in [1.807, 2.05) is 29.8 Å². The number of hydrogen-bond donors (Lipinski definition) is 1. The van der Waals surface area contributed by atoms with Gasteiger partial charge in [-0.3, -0.25) is 4.79 Å². The van der Waals surface area contributed by atoms with Crippen molar-refractivity contribution in [1.82, 2.24) is 14.5 Å². The predicted molar refractivity (Wildman–Crippen MR) is 77.5 cm³/mol. The summed E-state index contributed by atoms with van der Waals surface area (Å²) < 4.78 is 1.83. The lowest BCUT2D eigenvalue weighted by Gasteiger charge is -2.03. The van der Waals surface area contributed by atoms with Gasteiger partial charge in [0.25, 0.3) is 0 Å². The molecular weight excluding hydrogens is 276 g/mol. The summed E-state index contributed by atoms with van der Waals surface area (Å²) in [6.07, 6.45) is 1.45. The van der Waals surface area contributed by atoms with Crippen molar-refractivity contribution in [3.63, 3.8) is 0 Å². The molecule has 2 heterocycles. The summed E-state index contributed by atoms with van der Waals surface area (Å²) in [5.41, 5.74) is 7.68. The van der Waals surface area contributed by atoms with Gasteiger partial charge in [0.2, 0.25) is 5.91 Å². The highest BCUT2D eigenvalue weighted by Gasteiger charge is 2.14. The minimum absolute atomic E-state index is 0.335. The van der Waals surface area contributed by atoms with Gasteiger partial charge in [0, 0.05) is 18.8 Å². The standard InChI is InChI=1S/C14H11ClN4O/c1-19-13(9-4-2-3-5-10(9)15)18-11-6-8(12(16)20)7-17-14(11)19/h2-7H,1H3,(H2,16,20). The Labute approximate surface area is 120 Å². The van der Waals surface area contributed by atoms with E-state index in [1.165, 1.54) is 6.20 Å². The number of pyridine rings is 1. The topological polar surface area (TPSA) is 73.8 Å². The lowest BCUT2D eigenvalue weighted by Crippen LogP contribution is -2.11. The highest BCUT2D eigenvalue weighted by atomic mass is 35.5. The van der Waals surface area contributed by atoms with Crippen molar-refractivity contribution >= 4 is 28.7 Å². The zero-order chi connectivity index (χ0) is 14.3. The number of carbonyl (C=O) groups is 1. The quantitative estimate of drug-likeness (QED) is 0.786. The van der Waals surface area contributed by atoms with Crippen LogP contribution in [0.25, 0.3) is 22.6 Å². The van der Waals surface area contributed by atoms with E-state index in [2.05, 4.69) is 9.97 Å². The van der Waals surface area contributed by atoms with Gasteiger partial charge in [-0.2, -0.15) is 0 Å². The lowest BCUT2D eigenvalue weighted by atomic mass is 10.2. The number of rotatable bonds is 2. The first kappa shape index (κ1) is 12.6. The zero-order valence-corrected chi connectivity index (χ0v) is 11.4. The summed E-state index contributed by atoms with van der Waals surface area (Å²) in [4.78, 5) is 19.9. The average molecular weight is 287 g/mol. The number of halogens is 1. The van der Waals surface area contributed by atoms with Gasteiger partial charge in [-0.1, -0.05) is 23.7 Å². The fraction of sp³-hybridized carbons (Fsp3) is 0.0714. The number of nitrogens with zero attached hydrogens (tertiary/aromatic N) is 3. The van der Waals surface area contributed by atoms with Crippen molar-refractivity contribution < 1.29 is 4.79 Å². The third kappa shape index (κ3) is 1.92. The van der Waals surface area contributed by atoms with Gasteiger partial charge < -0.3 is 10.3 Å². The maximum atomic E-state index is 11.2. The highest BCUT2D eigenvalue weighted by molar-refractivity contribution is 6.33. The molecule has 2 aromatic heterocycles. The molecule has 0 saturated heterocycles. The number of primary amides is 1. The molecule has 0 radical (unpaired) electrons. The Morgan fingerprint density at radius 2 is 2.10 bits per heavy atom. The van der Waals surface area contributed by atoms with Crippen LogP contribution < -0.4 is 5.73 Å². The smallest absolute Gasteiger partial charge is 0.250 e.